The maximum atomic E-state index is 14.5. The third-order valence-electron chi connectivity index (χ3n) is 5.04. The number of halogens is 1. The Bertz CT molecular complexity index is 1550. The molecule has 2 aromatic carbocycles. The maximum Gasteiger partial charge on any atom is 0.272 e. The van der Waals surface area contributed by atoms with Crippen LogP contribution in [0.4, 0.5) is 4.39 Å². The van der Waals surface area contributed by atoms with E-state index < -0.39 is 0 Å². The molecule has 10 heteroatoms. The molecule has 1 N–H and O–H groups in total. The molecule has 162 valence electrons. The van der Waals surface area contributed by atoms with E-state index in [0.29, 0.717) is 34.5 Å². The Balaban J connectivity index is 1.51. The van der Waals surface area contributed by atoms with E-state index in [9.17, 15) is 14.4 Å². The highest BCUT2D eigenvalue weighted by molar-refractivity contribution is 7.98. The van der Waals surface area contributed by atoms with Crippen molar-refractivity contribution in [2.75, 3.05) is 0 Å². The number of thioether (sulfide) groups is 1. The van der Waals surface area contributed by atoms with Crippen molar-refractivity contribution < 1.29 is 4.39 Å². The summed E-state index contributed by atoms with van der Waals surface area (Å²) in [5.41, 5.74) is 2.13. The van der Waals surface area contributed by atoms with Gasteiger partial charge in [0.05, 0.1) is 17.8 Å². The number of benzene rings is 2. The molecule has 3 heterocycles. The van der Waals surface area contributed by atoms with Gasteiger partial charge < -0.3 is 0 Å². The second-order valence-corrected chi connectivity index (χ2v) is 8.13. The first kappa shape index (κ1) is 20.7. The van der Waals surface area contributed by atoms with Gasteiger partial charge in [0.2, 0.25) is 0 Å². The molecule has 0 spiro atoms. The van der Waals surface area contributed by atoms with Crippen LogP contribution in [-0.2, 0) is 12.3 Å². The normalized spacial score (nSPS) is 11.0. The molecular formula is C23H16FN7OS. The van der Waals surface area contributed by atoms with Crippen molar-refractivity contribution in [1.82, 2.24) is 29.4 Å². The van der Waals surface area contributed by atoms with Crippen molar-refractivity contribution in [3.05, 3.63) is 99.9 Å². The van der Waals surface area contributed by atoms with Crippen molar-refractivity contribution >= 4 is 17.4 Å². The fraction of sp³-hybridized carbons (Fsp3) is 0.0870. The van der Waals surface area contributed by atoms with Crippen molar-refractivity contribution in [3.8, 4) is 17.5 Å². The third-order valence-corrected chi connectivity index (χ3v) is 6.04. The van der Waals surface area contributed by atoms with Crippen molar-refractivity contribution in [3.63, 3.8) is 0 Å². The zero-order valence-corrected chi connectivity index (χ0v) is 18.0. The lowest BCUT2D eigenvalue weighted by atomic mass is 10.2. The highest BCUT2D eigenvalue weighted by Gasteiger charge is 2.18. The topological polar surface area (TPSA) is 105 Å². The average Bonchev–Trinajstić information content (AvgIpc) is 3.43. The molecular weight excluding hydrogens is 441 g/mol. The maximum absolute atomic E-state index is 14.5. The fourth-order valence-corrected chi connectivity index (χ4v) is 4.30. The predicted octanol–water partition coefficient (Wildman–Crippen LogP) is 3.63. The van der Waals surface area contributed by atoms with Crippen LogP contribution in [0, 0.1) is 17.1 Å². The van der Waals surface area contributed by atoms with Gasteiger partial charge >= 0.3 is 0 Å². The van der Waals surface area contributed by atoms with Gasteiger partial charge in [-0.25, -0.2) is 13.9 Å². The Morgan fingerprint density at radius 2 is 1.88 bits per heavy atom. The summed E-state index contributed by atoms with van der Waals surface area (Å²) >= 11 is 1.34. The largest absolute Gasteiger partial charge is 0.297 e. The first-order valence-electron chi connectivity index (χ1n) is 9.99. The van der Waals surface area contributed by atoms with E-state index in [2.05, 4.69) is 20.3 Å². The van der Waals surface area contributed by atoms with Gasteiger partial charge in [-0.3, -0.25) is 14.5 Å². The van der Waals surface area contributed by atoms with Gasteiger partial charge in [-0.2, -0.15) is 5.26 Å². The zero-order valence-electron chi connectivity index (χ0n) is 17.1. The number of H-pyrrole nitrogens is 1. The molecule has 33 heavy (non-hydrogen) atoms. The molecule has 0 saturated carbocycles. The van der Waals surface area contributed by atoms with E-state index in [1.165, 1.54) is 34.6 Å². The highest BCUT2D eigenvalue weighted by atomic mass is 32.2. The minimum atomic E-state index is -0.382. The van der Waals surface area contributed by atoms with Crippen LogP contribution in [0.25, 0.3) is 17.0 Å². The van der Waals surface area contributed by atoms with E-state index in [4.69, 9.17) is 0 Å². The van der Waals surface area contributed by atoms with Gasteiger partial charge in [0.25, 0.3) is 5.56 Å². The van der Waals surface area contributed by atoms with E-state index in [1.807, 2.05) is 41.0 Å². The van der Waals surface area contributed by atoms with E-state index in [0.717, 1.165) is 5.56 Å². The van der Waals surface area contributed by atoms with Crippen molar-refractivity contribution in [1.29, 1.82) is 5.26 Å². The summed E-state index contributed by atoms with van der Waals surface area (Å²) in [6, 6.07) is 19.6. The molecule has 5 rings (SSSR count). The smallest absolute Gasteiger partial charge is 0.272 e. The van der Waals surface area contributed by atoms with Crippen LogP contribution in [0.15, 0.2) is 76.8 Å². The van der Waals surface area contributed by atoms with Gasteiger partial charge in [0.15, 0.2) is 16.6 Å². The minimum Gasteiger partial charge on any atom is -0.297 e. The van der Waals surface area contributed by atoms with Crippen molar-refractivity contribution in [2.24, 2.45) is 0 Å². The number of hydrogen-bond acceptors (Lipinski definition) is 6. The summed E-state index contributed by atoms with van der Waals surface area (Å²) in [6.45, 7) is 0.450. The third kappa shape index (κ3) is 4.02. The molecule has 0 saturated heterocycles. The Labute approximate surface area is 191 Å². The number of hydrogen-bond donors (Lipinski definition) is 1. The molecule has 0 bridgehead atoms. The van der Waals surface area contributed by atoms with E-state index in [-0.39, 0.29) is 22.6 Å². The Kier molecular flexibility index (Phi) is 5.46. The lowest BCUT2D eigenvalue weighted by Crippen LogP contribution is -2.15. The Morgan fingerprint density at radius 3 is 2.67 bits per heavy atom. The monoisotopic (exact) mass is 457 g/mol. The Morgan fingerprint density at radius 1 is 1.09 bits per heavy atom. The van der Waals surface area contributed by atoms with Gasteiger partial charge in [-0.1, -0.05) is 54.2 Å². The van der Waals surface area contributed by atoms with Gasteiger partial charge in [0, 0.05) is 18.0 Å². The summed E-state index contributed by atoms with van der Waals surface area (Å²) < 4.78 is 17.6. The van der Waals surface area contributed by atoms with Crippen LogP contribution in [0.5, 0.6) is 0 Å². The summed E-state index contributed by atoms with van der Waals surface area (Å²) in [5.74, 6) is 0.360. The molecule has 8 nitrogen and oxygen atoms in total. The van der Waals surface area contributed by atoms with Crippen LogP contribution in [-0.4, -0.2) is 29.4 Å². The van der Waals surface area contributed by atoms with Crippen LogP contribution < -0.4 is 5.56 Å². The van der Waals surface area contributed by atoms with Gasteiger partial charge in [0.1, 0.15) is 17.4 Å². The number of nitrogens with one attached hydrogen (secondary N) is 1. The van der Waals surface area contributed by atoms with Gasteiger partial charge in [-0.05, 0) is 17.7 Å². The number of aromatic nitrogens is 6. The minimum absolute atomic E-state index is 0.276. The highest BCUT2D eigenvalue weighted by Crippen LogP contribution is 2.28. The van der Waals surface area contributed by atoms with Crippen LogP contribution in [0.3, 0.4) is 0 Å². The van der Waals surface area contributed by atoms with Crippen molar-refractivity contribution in [2.45, 2.75) is 17.5 Å². The molecule has 0 aliphatic rings. The lowest BCUT2D eigenvalue weighted by molar-refractivity contribution is 0.626. The summed E-state index contributed by atoms with van der Waals surface area (Å²) in [4.78, 5) is 16.8. The summed E-state index contributed by atoms with van der Waals surface area (Å²) in [5, 5.41) is 21.1. The summed E-state index contributed by atoms with van der Waals surface area (Å²) in [7, 11) is 0. The molecule has 0 atom stereocenters. The quantitative estimate of drug-likeness (QED) is 0.391. The fourth-order valence-electron chi connectivity index (χ4n) is 3.47. The molecule has 0 amide bonds. The molecule has 3 aromatic heterocycles. The van der Waals surface area contributed by atoms with Crippen LogP contribution >= 0.6 is 11.8 Å². The Hall–Kier alpha value is -4.23. The van der Waals surface area contributed by atoms with E-state index >= 15 is 0 Å². The molecule has 0 aliphatic heterocycles. The number of fused-ring (bicyclic) bond motifs is 1. The number of nitriles is 1. The first-order chi connectivity index (χ1) is 16.1. The lowest BCUT2D eigenvalue weighted by Gasteiger charge is -2.11. The molecule has 0 unspecified atom stereocenters. The molecule has 0 radical (unpaired) electrons. The molecule has 5 aromatic rings. The van der Waals surface area contributed by atoms with Crippen LogP contribution in [0.2, 0.25) is 0 Å². The zero-order chi connectivity index (χ0) is 22.8. The second-order valence-electron chi connectivity index (χ2n) is 7.19. The van der Waals surface area contributed by atoms with E-state index in [1.54, 1.807) is 18.2 Å². The van der Waals surface area contributed by atoms with Crippen LogP contribution in [0.1, 0.15) is 16.8 Å². The molecule has 0 fully saturated rings. The molecule has 0 aliphatic carbocycles. The van der Waals surface area contributed by atoms with Gasteiger partial charge in [-0.15, -0.1) is 10.2 Å². The number of rotatable bonds is 6. The average molecular weight is 457 g/mol. The first-order valence-corrected chi connectivity index (χ1v) is 11.0. The number of aromatic amines is 1. The second kappa shape index (κ2) is 8.72. The number of nitrogens with zero attached hydrogens (tertiary/aromatic N) is 6. The standard InChI is InChI=1S/C23H16FN7OS/c24-19-9-5-4-8-18(19)22-28-29-23(30(22)13-15-6-2-1-3-7-15)33-14-17-10-20(32)31-21(27-17)16(11-25)12-26-31/h1-10,12,26H,13-14H2. The summed E-state index contributed by atoms with van der Waals surface area (Å²) in [6.07, 6.45) is 1.44. The predicted molar refractivity (Wildman–Crippen MR) is 121 cm³/mol. The SMILES string of the molecule is N#Cc1c[nH]n2c(=O)cc(CSc3nnc(-c4ccccc4F)n3Cc3ccccc3)nc12.